The number of aryl methyl sites for hydroxylation is 2. The zero-order valence-corrected chi connectivity index (χ0v) is 13.0. The van der Waals surface area contributed by atoms with Crippen LogP contribution in [0.25, 0.3) is 0 Å². The molecule has 4 nitrogen and oxygen atoms in total. The van der Waals surface area contributed by atoms with Gasteiger partial charge in [-0.2, -0.15) is 5.10 Å². The third kappa shape index (κ3) is 3.82. The fourth-order valence-corrected chi connectivity index (χ4v) is 2.36. The van der Waals surface area contributed by atoms with Gasteiger partial charge in [0, 0.05) is 18.7 Å². The molecular weight excluding hydrogens is 269 g/mol. The number of nitrogens with one attached hydrogen (secondary N) is 1. The van der Waals surface area contributed by atoms with Gasteiger partial charge in [-0.1, -0.05) is 6.92 Å². The minimum absolute atomic E-state index is 0.0361. The average molecular weight is 291 g/mol. The molecule has 0 aliphatic rings. The van der Waals surface area contributed by atoms with Crippen molar-refractivity contribution in [1.82, 2.24) is 15.1 Å². The van der Waals surface area contributed by atoms with Gasteiger partial charge in [0.2, 0.25) is 0 Å². The molecule has 0 aliphatic carbocycles. The fourth-order valence-electron chi connectivity index (χ4n) is 2.36. The quantitative estimate of drug-likeness (QED) is 0.889. The smallest absolute Gasteiger partial charge is 0.130 e. The summed E-state index contributed by atoms with van der Waals surface area (Å²) in [7, 11) is 1.89. The van der Waals surface area contributed by atoms with Gasteiger partial charge in [0.15, 0.2) is 0 Å². The molecule has 2 aromatic rings. The molecule has 21 heavy (non-hydrogen) atoms. The van der Waals surface area contributed by atoms with Crippen LogP contribution < -0.4 is 10.1 Å². The summed E-state index contributed by atoms with van der Waals surface area (Å²) in [5.41, 5.74) is 2.77. The molecule has 0 amide bonds. The van der Waals surface area contributed by atoms with Crippen molar-refractivity contribution in [3.8, 4) is 5.75 Å². The maximum atomic E-state index is 13.5. The van der Waals surface area contributed by atoms with Gasteiger partial charge < -0.3 is 10.1 Å². The summed E-state index contributed by atoms with van der Waals surface area (Å²) in [4.78, 5) is 0. The third-order valence-corrected chi connectivity index (χ3v) is 3.42. The summed E-state index contributed by atoms with van der Waals surface area (Å²) < 4.78 is 21.2. The van der Waals surface area contributed by atoms with Crippen LogP contribution in [0.4, 0.5) is 4.39 Å². The number of hydrogen-bond acceptors (Lipinski definition) is 3. The lowest BCUT2D eigenvalue weighted by molar-refractivity contribution is 0.288. The molecular formula is C16H22FN3O. The van der Waals surface area contributed by atoms with Gasteiger partial charge in [-0.25, -0.2) is 4.39 Å². The van der Waals surface area contributed by atoms with Gasteiger partial charge in [0.1, 0.15) is 18.2 Å². The first-order valence-electron chi connectivity index (χ1n) is 7.16. The SMILES string of the molecule is CCNC(C)c1cc(F)ccc1OCc1cc(C)nn1C. The van der Waals surface area contributed by atoms with Gasteiger partial charge >= 0.3 is 0 Å². The number of benzene rings is 1. The van der Waals surface area contributed by atoms with Crippen molar-refractivity contribution in [1.29, 1.82) is 0 Å². The molecule has 5 heteroatoms. The Kier molecular flexibility index (Phi) is 4.96. The highest BCUT2D eigenvalue weighted by Crippen LogP contribution is 2.27. The largest absolute Gasteiger partial charge is 0.487 e. The van der Waals surface area contributed by atoms with E-state index in [1.54, 1.807) is 10.7 Å². The molecule has 0 aliphatic heterocycles. The Hall–Kier alpha value is -1.88. The van der Waals surface area contributed by atoms with Crippen molar-refractivity contribution in [3.05, 3.63) is 47.0 Å². The maximum absolute atomic E-state index is 13.5. The number of ether oxygens (including phenoxy) is 1. The summed E-state index contributed by atoms with van der Waals surface area (Å²) in [5.74, 6) is 0.446. The minimum atomic E-state index is -0.251. The Morgan fingerprint density at radius 1 is 1.38 bits per heavy atom. The second-order valence-corrected chi connectivity index (χ2v) is 5.15. The van der Waals surface area contributed by atoms with E-state index in [1.807, 2.05) is 33.9 Å². The molecule has 1 heterocycles. The first-order valence-corrected chi connectivity index (χ1v) is 7.16. The molecule has 1 unspecified atom stereocenters. The number of aromatic nitrogens is 2. The van der Waals surface area contributed by atoms with Gasteiger partial charge in [-0.3, -0.25) is 4.68 Å². The molecule has 0 fully saturated rings. The van der Waals surface area contributed by atoms with Crippen LogP contribution in [0, 0.1) is 12.7 Å². The Bertz CT molecular complexity index is 610. The molecule has 0 saturated carbocycles. The minimum Gasteiger partial charge on any atom is -0.487 e. The van der Waals surface area contributed by atoms with Gasteiger partial charge in [0.25, 0.3) is 0 Å². The Labute approximate surface area is 124 Å². The Morgan fingerprint density at radius 3 is 2.76 bits per heavy atom. The van der Waals surface area contributed by atoms with Crippen molar-refractivity contribution in [3.63, 3.8) is 0 Å². The summed E-state index contributed by atoms with van der Waals surface area (Å²) in [6.07, 6.45) is 0. The second-order valence-electron chi connectivity index (χ2n) is 5.15. The molecule has 114 valence electrons. The fraction of sp³-hybridized carbons (Fsp3) is 0.438. The topological polar surface area (TPSA) is 39.1 Å². The number of hydrogen-bond donors (Lipinski definition) is 1. The van der Waals surface area contributed by atoms with Crippen LogP contribution in [-0.2, 0) is 13.7 Å². The molecule has 0 spiro atoms. The van der Waals surface area contributed by atoms with Crippen LogP contribution in [-0.4, -0.2) is 16.3 Å². The molecule has 0 saturated heterocycles. The van der Waals surface area contributed by atoms with E-state index in [2.05, 4.69) is 10.4 Å². The van der Waals surface area contributed by atoms with E-state index in [0.29, 0.717) is 12.4 Å². The van der Waals surface area contributed by atoms with E-state index in [9.17, 15) is 4.39 Å². The van der Waals surface area contributed by atoms with E-state index in [1.165, 1.54) is 12.1 Å². The van der Waals surface area contributed by atoms with Crippen LogP contribution in [0.2, 0.25) is 0 Å². The predicted octanol–water partition coefficient (Wildman–Crippen LogP) is 3.12. The lowest BCUT2D eigenvalue weighted by atomic mass is 10.1. The summed E-state index contributed by atoms with van der Waals surface area (Å²) in [6, 6.07) is 6.65. The van der Waals surface area contributed by atoms with E-state index in [4.69, 9.17) is 4.74 Å². The molecule has 1 atom stereocenters. The van der Waals surface area contributed by atoms with Gasteiger partial charge in [0.05, 0.1) is 11.4 Å². The Balaban J connectivity index is 2.17. The molecule has 1 aromatic heterocycles. The lowest BCUT2D eigenvalue weighted by Gasteiger charge is -2.18. The summed E-state index contributed by atoms with van der Waals surface area (Å²) >= 11 is 0. The highest BCUT2D eigenvalue weighted by Gasteiger charge is 2.13. The zero-order chi connectivity index (χ0) is 15.4. The lowest BCUT2D eigenvalue weighted by Crippen LogP contribution is -2.19. The number of halogens is 1. The number of rotatable bonds is 6. The van der Waals surface area contributed by atoms with E-state index in [0.717, 1.165) is 23.5 Å². The zero-order valence-electron chi connectivity index (χ0n) is 13.0. The average Bonchev–Trinajstić information content (AvgIpc) is 2.76. The van der Waals surface area contributed by atoms with Crippen LogP contribution in [0.1, 0.15) is 36.8 Å². The van der Waals surface area contributed by atoms with Crippen molar-refractivity contribution < 1.29 is 9.13 Å². The standard InChI is InChI=1S/C16H22FN3O/c1-5-18-12(3)15-9-13(17)6-7-16(15)21-10-14-8-11(2)19-20(14)4/h6-9,12,18H,5,10H2,1-4H3. The van der Waals surface area contributed by atoms with Crippen molar-refractivity contribution in [2.45, 2.75) is 33.4 Å². The molecule has 2 rings (SSSR count). The van der Waals surface area contributed by atoms with Crippen LogP contribution >= 0.6 is 0 Å². The van der Waals surface area contributed by atoms with E-state index >= 15 is 0 Å². The predicted molar refractivity (Wildman–Crippen MR) is 80.8 cm³/mol. The Morgan fingerprint density at radius 2 is 2.14 bits per heavy atom. The number of nitrogens with zero attached hydrogens (tertiary/aromatic N) is 2. The van der Waals surface area contributed by atoms with Gasteiger partial charge in [-0.15, -0.1) is 0 Å². The van der Waals surface area contributed by atoms with Crippen LogP contribution in [0.15, 0.2) is 24.3 Å². The van der Waals surface area contributed by atoms with Crippen molar-refractivity contribution in [2.75, 3.05) is 6.54 Å². The highest BCUT2D eigenvalue weighted by molar-refractivity contribution is 5.36. The molecule has 1 aromatic carbocycles. The first-order chi connectivity index (χ1) is 10.0. The van der Waals surface area contributed by atoms with E-state index in [-0.39, 0.29) is 11.9 Å². The maximum Gasteiger partial charge on any atom is 0.130 e. The normalized spacial score (nSPS) is 12.4. The first kappa shape index (κ1) is 15.5. The van der Waals surface area contributed by atoms with E-state index < -0.39 is 0 Å². The van der Waals surface area contributed by atoms with Crippen LogP contribution in [0.3, 0.4) is 0 Å². The highest BCUT2D eigenvalue weighted by atomic mass is 19.1. The second kappa shape index (κ2) is 6.72. The molecule has 0 bridgehead atoms. The summed E-state index contributed by atoms with van der Waals surface area (Å²) in [5, 5.41) is 7.57. The van der Waals surface area contributed by atoms with Crippen LogP contribution in [0.5, 0.6) is 5.75 Å². The molecule has 1 N–H and O–H groups in total. The monoisotopic (exact) mass is 291 g/mol. The van der Waals surface area contributed by atoms with Gasteiger partial charge in [-0.05, 0) is 44.7 Å². The van der Waals surface area contributed by atoms with Crippen molar-refractivity contribution in [2.24, 2.45) is 7.05 Å². The summed E-state index contributed by atoms with van der Waals surface area (Å²) in [6.45, 7) is 7.20. The molecule has 0 radical (unpaired) electrons. The third-order valence-electron chi connectivity index (χ3n) is 3.42. The van der Waals surface area contributed by atoms with Crippen molar-refractivity contribution >= 4 is 0 Å².